The van der Waals surface area contributed by atoms with E-state index in [9.17, 15) is 15.0 Å². The second-order valence-corrected chi connectivity index (χ2v) is 8.69. The first-order valence-electron chi connectivity index (χ1n) is 10.5. The van der Waals surface area contributed by atoms with E-state index in [2.05, 4.69) is 32.5 Å². The number of rotatable bonds is 11. The Morgan fingerprint density at radius 1 is 1.23 bits per heavy atom. The fraction of sp³-hybridized carbons (Fsp3) is 0.737. The summed E-state index contributed by atoms with van der Waals surface area (Å²) in [4.78, 5) is 20.1. The van der Waals surface area contributed by atoms with Crippen molar-refractivity contribution in [2.45, 2.75) is 75.8 Å². The molecule has 166 valence electrons. The van der Waals surface area contributed by atoms with Crippen LogP contribution in [0.3, 0.4) is 0 Å². The highest BCUT2D eigenvalue weighted by molar-refractivity contribution is 7.99. The van der Waals surface area contributed by atoms with E-state index in [0.29, 0.717) is 41.5 Å². The Kier molecular flexibility index (Phi) is 7.84. The van der Waals surface area contributed by atoms with E-state index in [0.717, 1.165) is 25.0 Å². The molecule has 1 aliphatic carbocycles. The number of thioether (sulfide) groups is 1. The van der Waals surface area contributed by atoms with Crippen molar-refractivity contribution in [1.82, 2.24) is 25.0 Å². The number of carboxylic acid groups (broad SMARTS) is 1. The number of carboxylic acids is 1. The summed E-state index contributed by atoms with van der Waals surface area (Å²) >= 11 is 1.57. The lowest BCUT2D eigenvalue weighted by atomic mass is 9.99. The molecular formula is C19H30N6O4S. The average molecular weight is 439 g/mol. The van der Waals surface area contributed by atoms with Crippen molar-refractivity contribution in [1.29, 1.82) is 0 Å². The highest BCUT2D eigenvalue weighted by Gasteiger charge is 2.43. The van der Waals surface area contributed by atoms with Gasteiger partial charge >= 0.3 is 5.97 Å². The number of unbranched alkanes of at least 4 members (excludes halogenated alkanes) is 2. The van der Waals surface area contributed by atoms with Gasteiger partial charge in [0.1, 0.15) is 6.10 Å². The second-order valence-electron chi connectivity index (χ2n) is 7.62. The number of hydrogen-bond acceptors (Lipinski definition) is 9. The molecule has 1 aliphatic rings. The molecule has 0 saturated heterocycles. The molecule has 30 heavy (non-hydrogen) atoms. The maximum absolute atomic E-state index is 10.9. The first kappa shape index (κ1) is 22.7. The summed E-state index contributed by atoms with van der Waals surface area (Å²) in [6.45, 7) is 4.79. The monoisotopic (exact) mass is 438 g/mol. The van der Waals surface area contributed by atoms with E-state index in [4.69, 9.17) is 5.11 Å². The maximum Gasteiger partial charge on any atom is 0.303 e. The van der Waals surface area contributed by atoms with Crippen molar-refractivity contribution in [2.24, 2.45) is 5.92 Å². The van der Waals surface area contributed by atoms with Crippen molar-refractivity contribution in [3.05, 3.63) is 0 Å². The number of nitrogens with one attached hydrogen (secondary N) is 1. The van der Waals surface area contributed by atoms with E-state index in [1.165, 1.54) is 0 Å². The standard InChI is InChI=1S/C19H30N6O4S/c1-3-5-6-9-30-19-21-17(20-4-2)14-18(22-19)25(24-23-14)12-10-11(7-8-13(26)27)15(28)16(12)29/h11-12,15-16,28-29H,3-10H2,1-2H3,(H,26,27)(H,20,21,22)/t11-,12+,15+,16-/m0/s1. The van der Waals surface area contributed by atoms with Crippen molar-refractivity contribution in [3.63, 3.8) is 0 Å². The SMILES string of the molecule is CCCCCSc1nc(NCC)c2nnn([C@@H]3C[C@H](CCC(=O)O)[C@@H](O)[C@H]3O)c2n1. The molecule has 2 aromatic heterocycles. The molecule has 0 aromatic carbocycles. The Morgan fingerprint density at radius 2 is 2.03 bits per heavy atom. The number of nitrogens with zero attached hydrogens (tertiary/aromatic N) is 5. The summed E-state index contributed by atoms with van der Waals surface area (Å²) in [5.74, 6) is 0.272. The molecule has 2 heterocycles. The third-order valence-corrected chi connectivity index (χ3v) is 6.37. The van der Waals surface area contributed by atoms with E-state index < -0.39 is 24.2 Å². The van der Waals surface area contributed by atoms with Crippen LogP contribution in [-0.4, -0.2) is 70.8 Å². The van der Waals surface area contributed by atoms with Gasteiger partial charge in [-0.05, 0) is 32.1 Å². The van der Waals surface area contributed by atoms with E-state index in [1.54, 1.807) is 16.4 Å². The Labute approximate surface area is 179 Å². The first-order chi connectivity index (χ1) is 14.5. The Balaban J connectivity index is 1.88. The van der Waals surface area contributed by atoms with Crippen LogP contribution in [0.4, 0.5) is 5.82 Å². The van der Waals surface area contributed by atoms with Crippen molar-refractivity contribution in [3.8, 4) is 0 Å². The largest absolute Gasteiger partial charge is 0.481 e. The average Bonchev–Trinajstić information content (AvgIpc) is 3.26. The van der Waals surface area contributed by atoms with Gasteiger partial charge in [0.25, 0.3) is 0 Å². The molecule has 0 aliphatic heterocycles. The molecule has 0 radical (unpaired) electrons. The Bertz CT molecular complexity index is 863. The smallest absolute Gasteiger partial charge is 0.303 e. The number of aliphatic hydroxyl groups is 2. The van der Waals surface area contributed by atoms with Crippen LogP contribution < -0.4 is 5.32 Å². The van der Waals surface area contributed by atoms with Crippen LogP contribution in [-0.2, 0) is 4.79 Å². The predicted octanol–water partition coefficient (Wildman–Crippen LogP) is 2.08. The molecular weight excluding hydrogens is 408 g/mol. The quantitative estimate of drug-likeness (QED) is 0.233. The summed E-state index contributed by atoms with van der Waals surface area (Å²) < 4.78 is 1.56. The number of carbonyl (C=O) groups is 1. The number of fused-ring (bicyclic) bond motifs is 1. The van der Waals surface area contributed by atoms with Gasteiger partial charge < -0.3 is 20.6 Å². The molecule has 1 saturated carbocycles. The molecule has 4 atom stereocenters. The molecule has 3 rings (SSSR count). The number of aromatic nitrogens is 5. The fourth-order valence-electron chi connectivity index (χ4n) is 3.84. The minimum atomic E-state index is -1.06. The van der Waals surface area contributed by atoms with Crippen molar-refractivity contribution < 1.29 is 20.1 Å². The molecule has 2 aromatic rings. The minimum absolute atomic E-state index is 0.0510. The number of aliphatic carboxylic acids is 1. The fourth-order valence-corrected chi connectivity index (χ4v) is 4.68. The molecule has 1 fully saturated rings. The van der Waals surface area contributed by atoms with Crippen LogP contribution in [0.15, 0.2) is 5.16 Å². The van der Waals surface area contributed by atoms with Gasteiger partial charge in [0.2, 0.25) is 0 Å². The zero-order valence-electron chi connectivity index (χ0n) is 17.4. The van der Waals surface area contributed by atoms with E-state index >= 15 is 0 Å². The minimum Gasteiger partial charge on any atom is -0.481 e. The number of aliphatic hydroxyl groups excluding tert-OH is 2. The van der Waals surface area contributed by atoms with Crippen LogP contribution in [0, 0.1) is 5.92 Å². The van der Waals surface area contributed by atoms with Gasteiger partial charge in [-0.3, -0.25) is 4.79 Å². The normalized spacial score (nSPS) is 23.9. The van der Waals surface area contributed by atoms with Gasteiger partial charge in [0.05, 0.1) is 12.1 Å². The van der Waals surface area contributed by atoms with E-state index in [1.807, 2.05) is 6.92 Å². The van der Waals surface area contributed by atoms with Crippen molar-refractivity contribution >= 4 is 34.7 Å². The van der Waals surface area contributed by atoms with Crippen LogP contribution in [0.25, 0.3) is 11.2 Å². The highest BCUT2D eigenvalue weighted by atomic mass is 32.2. The molecule has 0 amide bonds. The summed E-state index contributed by atoms with van der Waals surface area (Å²) in [5, 5.41) is 42.2. The first-order valence-corrected chi connectivity index (χ1v) is 11.5. The summed E-state index contributed by atoms with van der Waals surface area (Å²) in [6.07, 6.45) is 1.96. The van der Waals surface area contributed by atoms with Gasteiger partial charge in [-0.1, -0.05) is 36.7 Å². The molecule has 0 spiro atoms. The molecule has 0 bridgehead atoms. The molecule has 4 N–H and O–H groups in total. The lowest BCUT2D eigenvalue weighted by Gasteiger charge is -2.17. The van der Waals surface area contributed by atoms with Gasteiger partial charge in [0.15, 0.2) is 22.1 Å². The van der Waals surface area contributed by atoms with Crippen LogP contribution >= 0.6 is 11.8 Å². The predicted molar refractivity (Wildman–Crippen MR) is 114 cm³/mol. The van der Waals surface area contributed by atoms with Gasteiger partial charge in [-0.25, -0.2) is 14.6 Å². The zero-order chi connectivity index (χ0) is 21.7. The van der Waals surface area contributed by atoms with Crippen molar-refractivity contribution in [2.75, 3.05) is 17.6 Å². The van der Waals surface area contributed by atoms with Crippen LogP contribution in [0.5, 0.6) is 0 Å². The zero-order valence-corrected chi connectivity index (χ0v) is 18.2. The molecule has 10 nitrogen and oxygen atoms in total. The number of anilines is 1. The molecule has 11 heteroatoms. The third-order valence-electron chi connectivity index (χ3n) is 5.44. The van der Waals surface area contributed by atoms with E-state index in [-0.39, 0.29) is 12.3 Å². The van der Waals surface area contributed by atoms with Gasteiger partial charge in [-0.15, -0.1) is 5.10 Å². The van der Waals surface area contributed by atoms with Gasteiger partial charge in [-0.2, -0.15) is 0 Å². The van der Waals surface area contributed by atoms with Gasteiger partial charge in [0, 0.05) is 18.7 Å². The summed E-state index contributed by atoms with van der Waals surface area (Å²) in [7, 11) is 0. The van der Waals surface area contributed by atoms with Crippen LogP contribution in [0.1, 0.15) is 58.4 Å². The summed E-state index contributed by atoms with van der Waals surface area (Å²) in [5.41, 5.74) is 1.03. The molecule has 0 unspecified atom stereocenters. The lowest BCUT2D eigenvalue weighted by Crippen LogP contribution is -2.30. The van der Waals surface area contributed by atoms with Crippen LogP contribution in [0.2, 0.25) is 0 Å². The Morgan fingerprint density at radius 3 is 2.73 bits per heavy atom. The third kappa shape index (κ3) is 5.01. The maximum atomic E-state index is 10.9. The summed E-state index contributed by atoms with van der Waals surface area (Å²) in [6, 6.07) is -0.522. The lowest BCUT2D eigenvalue weighted by molar-refractivity contribution is -0.137. The topological polar surface area (TPSA) is 146 Å². The highest BCUT2D eigenvalue weighted by Crippen LogP contribution is 2.39. The Hall–Kier alpha value is -1.98. The number of hydrogen-bond donors (Lipinski definition) is 4. The second kappa shape index (κ2) is 10.4.